The summed E-state index contributed by atoms with van der Waals surface area (Å²) in [6.07, 6.45) is 1.16. The maximum Gasteiger partial charge on any atom is 0.267 e. The summed E-state index contributed by atoms with van der Waals surface area (Å²) in [6, 6.07) is 4.86. The minimum Gasteiger partial charge on any atom is -0.383 e. The van der Waals surface area contributed by atoms with Gasteiger partial charge in [0.1, 0.15) is 10.7 Å². The molecule has 2 rings (SSSR count). The van der Waals surface area contributed by atoms with Gasteiger partial charge in [0.2, 0.25) is 0 Å². The van der Waals surface area contributed by atoms with Crippen molar-refractivity contribution in [2.24, 2.45) is 0 Å². The Morgan fingerprint density at radius 2 is 2.17 bits per heavy atom. The number of rotatable bonds is 3. The van der Waals surface area contributed by atoms with E-state index < -0.39 is 10.0 Å². The van der Waals surface area contributed by atoms with Crippen molar-refractivity contribution >= 4 is 33.1 Å². The lowest BCUT2D eigenvalue weighted by Crippen LogP contribution is -2.14. The van der Waals surface area contributed by atoms with E-state index in [-0.39, 0.29) is 10.7 Å². The van der Waals surface area contributed by atoms with E-state index in [1.807, 2.05) is 0 Å². The topological polar surface area (TPSA) is 101 Å². The summed E-state index contributed by atoms with van der Waals surface area (Å²) in [4.78, 5) is -0.0862. The Bertz CT molecular complexity index is 681. The Kier molecular flexibility index (Phi) is 3.18. The van der Waals surface area contributed by atoms with Crippen molar-refractivity contribution < 1.29 is 8.42 Å². The molecule has 8 heteroatoms. The summed E-state index contributed by atoms with van der Waals surface area (Å²) in [5.74, 6) is -0.00545. The fourth-order valence-electron chi connectivity index (χ4n) is 1.44. The minimum absolute atomic E-state index is 0.00545. The largest absolute Gasteiger partial charge is 0.383 e. The number of hydrogen-bond donors (Lipinski definition) is 3. The lowest BCUT2D eigenvalue weighted by molar-refractivity contribution is 0.601. The van der Waals surface area contributed by atoms with E-state index in [0.29, 0.717) is 16.3 Å². The lowest BCUT2D eigenvalue weighted by atomic mass is 10.2. The first-order chi connectivity index (χ1) is 8.40. The van der Waals surface area contributed by atoms with Gasteiger partial charge in [0, 0.05) is 5.02 Å². The second-order valence-corrected chi connectivity index (χ2v) is 5.80. The van der Waals surface area contributed by atoms with Crippen LogP contribution in [0.15, 0.2) is 29.3 Å². The predicted octanol–water partition coefficient (Wildman–Crippen LogP) is 1.75. The monoisotopic (exact) mass is 286 g/mol. The maximum absolute atomic E-state index is 12.0. The van der Waals surface area contributed by atoms with E-state index in [1.54, 1.807) is 25.1 Å². The number of aromatic nitrogens is 2. The average Bonchev–Trinajstić information content (AvgIpc) is 2.69. The molecule has 0 aliphatic heterocycles. The number of halogens is 1. The molecule has 2 aromatic rings. The summed E-state index contributed by atoms with van der Waals surface area (Å²) in [5, 5.41) is 6.49. The van der Waals surface area contributed by atoms with Gasteiger partial charge in [0.05, 0.1) is 11.9 Å². The van der Waals surface area contributed by atoms with Gasteiger partial charge in [-0.05, 0) is 30.7 Å². The predicted molar refractivity (Wildman–Crippen MR) is 70.0 cm³/mol. The molecule has 0 unspecified atom stereocenters. The van der Waals surface area contributed by atoms with Crippen molar-refractivity contribution in [2.75, 3.05) is 10.5 Å². The van der Waals surface area contributed by atoms with Crippen LogP contribution in [0.25, 0.3) is 0 Å². The summed E-state index contributed by atoms with van der Waals surface area (Å²) >= 11 is 5.80. The van der Waals surface area contributed by atoms with Crippen molar-refractivity contribution in [2.45, 2.75) is 11.8 Å². The second kappa shape index (κ2) is 4.51. The zero-order valence-corrected chi connectivity index (χ0v) is 11.0. The normalized spacial score (nSPS) is 11.4. The Morgan fingerprint density at radius 1 is 1.44 bits per heavy atom. The van der Waals surface area contributed by atoms with Gasteiger partial charge in [0.25, 0.3) is 10.0 Å². The minimum atomic E-state index is -3.75. The van der Waals surface area contributed by atoms with Gasteiger partial charge in [0.15, 0.2) is 0 Å². The molecule has 0 fully saturated rings. The smallest absolute Gasteiger partial charge is 0.267 e. The van der Waals surface area contributed by atoms with Gasteiger partial charge >= 0.3 is 0 Å². The molecule has 0 spiro atoms. The molecule has 1 aromatic heterocycles. The third kappa shape index (κ3) is 2.41. The first-order valence-corrected chi connectivity index (χ1v) is 6.84. The van der Waals surface area contributed by atoms with Gasteiger partial charge in [-0.2, -0.15) is 5.10 Å². The van der Waals surface area contributed by atoms with Crippen LogP contribution in [0.3, 0.4) is 0 Å². The van der Waals surface area contributed by atoms with E-state index >= 15 is 0 Å². The van der Waals surface area contributed by atoms with Crippen molar-refractivity contribution in [1.29, 1.82) is 0 Å². The van der Waals surface area contributed by atoms with Crippen LogP contribution in [0.1, 0.15) is 5.56 Å². The average molecular weight is 287 g/mol. The molecule has 0 saturated heterocycles. The van der Waals surface area contributed by atoms with Gasteiger partial charge in [-0.1, -0.05) is 11.6 Å². The number of sulfonamides is 1. The standard InChI is InChI=1S/C10H11ClN4O2S/c1-6-4-7(11)2-3-8(6)15-18(16,17)9-5-13-14-10(9)12/h2-5,15H,1H3,(H3,12,13,14). The first-order valence-electron chi connectivity index (χ1n) is 4.98. The maximum atomic E-state index is 12.0. The van der Waals surface area contributed by atoms with E-state index in [1.165, 1.54) is 0 Å². The van der Waals surface area contributed by atoms with E-state index in [9.17, 15) is 8.42 Å². The number of aryl methyl sites for hydroxylation is 1. The highest BCUT2D eigenvalue weighted by Crippen LogP contribution is 2.24. The van der Waals surface area contributed by atoms with E-state index in [0.717, 1.165) is 6.20 Å². The van der Waals surface area contributed by atoms with Crippen LogP contribution in [-0.4, -0.2) is 18.6 Å². The van der Waals surface area contributed by atoms with E-state index in [4.69, 9.17) is 17.3 Å². The third-order valence-corrected chi connectivity index (χ3v) is 3.98. The molecule has 96 valence electrons. The van der Waals surface area contributed by atoms with Crippen molar-refractivity contribution in [3.8, 4) is 0 Å². The summed E-state index contributed by atoms with van der Waals surface area (Å²) in [7, 11) is -3.75. The number of hydrogen-bond acceptors (Lipinski definition) is 4. The molecule has 0 radical (unpaired) electrons. The van der Waals surface area contributed by atoms with Gasteiger partial charge < -0.3 is 5.73 Å². The Balaban J connectivity index is 2.37. The molecule has 0 atom stereocenters. The second-order valence-electron chi connectivity index (χ2n) is 3.71. The zero-order valence-electron chi connectivity index (χ0n) is 9.44. The number of nitrogens with two attached hydrogens (primary N) is 1. The van der Waals surface area contributed by atoms with Crippen molar-refractivity contribution in [3.63, 3.8) is 0 Å². The highest BCUT2D eigenvalue weighted by molar-refractivity contribution is 7.92. The number of anilines is 2. The van der Waals surface area contributed by atoms with Crippen LogP contribution in [0.2, 0.25) is 5.02 Å². The highest BCUT2D eigenvalue weighted by atomic mass is 35.5. The first kappa shape index (κ1) is 12.7. The highest BCUT2D eigenvalue weighted by Gasteiger charge is 2.20. The molecule has 0 aliphatic rings. The molecule has 4 N–H and O–H groups in total. The van der Waals surface area contributed by atoms with Crippen LogP contribution in [-0.2, 0) is 10.0 Å². The van der Waals surface area contributed by atoms with Gasteiger partial charge in [-0.15, -0.1) is 0 Å². The van der Waals surface area contributed by atoms with Crippen molar-refractivity contribution in [1.82, 2.24) is 10.2 Å². The number of benzene rings is 1. The molecule has 6 nitrogen and oxygen atoms in total. The van der Waals surface area contributed by atoms with E-state index in [2.05, 4.69) is 14.9 Å². The molecular formula is C10H11ClN4O2S. The fourth-order valence-corrected chi connectivity index (χ4v) is 2.82. The number of nitrogens with one attached hydrogen (secondary N) is 2. The van der Waals surface area contributed by atoms with Crippen LogP contribution >= 0.6 is 11.6 Å². The van der Waals surface area contributed by atoms with Gasteiger partial charge in [-0.3, -0.25) is 9.82 Å². The zero-order chi connectivity index (χ0) is 13.3. The third-order valence-electron chi connectivity index (χ3n) is 2.35. The Labute approximate surface area is 109 Å². The summed E-state index contributed by atoms with van der Waals surface area (Å²) < 4.78 is 26.5. The van der Waals surface area contributed by atoms with Crippen molar-refractivity contribution in [3.05, 3.63) is 35.0 Å². The molecule has 0 amide bonds. The Hall–Kier alpha value is -1.73. The molecule has 1 heterocycles. The number of aromatic amines is 1. The lowest BCUT2D eigenvalue weighted by Gasteiger charge is -2.09. The quantitative estimate of drug-likeness (QED) is 0.800. The summed E-state index contributed by atoms with van der Waals surface area (Å²) in [5.41, 5.74) is 6.64. The molecular weight excluding hydrogens is 276 g/mol. The number of H-pyrrole nitrogens is 1. The fraction of sp³-hybridized carbons (Fsp3) is 0.100. The molecule has 0 bridgehead atoms. The van der Waals surface area contributed by atoms with Crippen LogP contribution in [0.4, 0.5) is 11.5 Å². The van der Waals surface area contributed by atoms with Gasteiger partial charge in [-0.25, -0.2) is 8.42 Å². The number of nitrogens with zero attached hydrogens (tertiary/aromatic N) is 1. The number of nitrogen functional groups attached to an aromatic ring is 1. The molecule has 0 saturated carbocycles. The molecule has 0 aliphatic carbocycles. The van der Waals surface area contributed by atoms with Crippen LogP contribution in [0, 0.1) is 6.92 Å². The molecule has 18 heavy (non-hydrogen) atoms. The molecule has 1 aromatic carbocycles. The Morgan fingerprint density at radius 3 is 2.72 bits per heavy atom. The van der Waals surface area contributed by atoms with Crippen LogP contribution < -0.4 is 10.5 Å². The van der Waals surface area contributed by atoms with Crippen LogP contribution in [0.5, 0.6) is 0 Å². The summed E-state index contributed by atoms with van der Waals surface area (Å²) in [6.45, 7) is 1.75. The SMILES string of the molecule is Cc1cc(Cl)ccc1NS(=O)(=O)c1cn[nH]c1N.